The van der Waals surface area contributed by atoms with E-state index in [1.54, 1.807) is 6.08 Å². The van der Waals surface area contributed by atoms with Crippen molar-refractivity contribution in [3.05, 3.63) is 84.7 Å². The zero-order valence-electron chi connectivity index (χ0n) is 28.8. The highest BCUT2D eigenvalue weighted by Crippen LogP contribution is 2.32. The Labute approximate surface area is 267 Å². The summed E-state index contributed by atoms with van der Waals surface area (Å²) in [5, 5.41) is 23.8. The molecule has 2 aromatic rings. The van der Waals surface area contributed by atoms with Gasteiger partial charge in [-0.25, -0.2) is 8.78 Å². The third kappa shape index (κ3) is 21.8. The molecule has 4 unspecified atom stereocenters. The molecule has 4 atom stereocenters. The summed E-state index contributed by atoms with van der Waals surface area (Å²) in [6, 6.07) is 16.2. The summed E-state index contributed by atoms with van der Waals surface area (Å²) in [6.07, 6.45) is 4.36. The molecule has 0 saturated heterocycles. The topological polar surface area (TPSA) is 83.0 Å². The Balaban J connectivity index is -0.000000832. The zero-order valence-corrected chi connectivity index (χ0v) is 28.8. The normalized spacial score (nSPS) is 14.6. The molecule has 254 valence electrons. The molecule has 1 aliphatic rings. The molecular formula is C36H62F2N2O4. The molecule has 0 bridgehead atoms. The minimum Gasteiger partial charge on any atom is -0.493 e. The minimum atomic E-state index is -1.16. The summed E-state index contributed by atoms with van der Waals surface area (Å²) in [5.74, 6) is 1.64. The number of aliphatic hydroxyl groups excluding tert-OH is 2. The van der Waals surface area contributed by atoms with Gasteiger partial charge in [-0.1, -0.05) is 84.9 Å². The van der Waals surface area contributed by atoms with Crippen molar-refractivity contribution in [1.29, 1.82) is 0 Å². The number of nitrogens with one attached hydrogen (secondary N) is 2. The summed E-state index contributed by atoms with van der Waals surface area (Å²) >= 11 is 0. The molecular weight excluding hydrogens is 562 g/mol. The number of hydrogen-bond donors (Lipinski definition) is 4. The Hall–Kier alpha value is -2.78. The van der Waals surface area contributed by atoms with Crippen LogP contribution >= 0.6 is 0 Å². The van der Waals surface area contributed by atoms with Crippen LogP contribution in [0.15, 0.2) is 73.6 Å². The van der Waals surface area contributed by atoms with Crippen molar-refractivity contribution in [1.82, 2.24) is 10.6 Å². The second-order valence-corrected chi connectivity index (χ2v) is 8.71. The molecule has 8 heteroatoms. The Bertz CT molecular complexity index is 916. The summed E-state index contributed by atoms with van der Waals surface area (Å²) in [5.41, 5.74) is 2.59. The predicted octanol–water partition coefficient (Wildman–Crippen LogP) is 8.85. The van der Waals surface area contributed by atoms with E-state index in [0.717, 1.165) is 51.3 Å². The molecule has 0 saturated carbocycles. The molecule has 0 amide bonds. The van der Waals surface area contributed by atoms with Gasteiger partial charge in [0.25, 0.3) is 6.41 Å². The first-order valence-corrected chi connectivity index (χ1v) is 16.1. The van der Waals surface area contributed by atoms with Crippen LogP contribution in [-0.4, -0.2) is 49.1 Å². The highest BCUT2D eigenvalue weighted by atomic mass is 19.1. The fourth-order valence-electron chi connectivity index (χ4n) is 3.79. The number of alkyl halides is 1. The molecule has 2 aromatic carbocycles. The number of hydrogen-bond acceptors (Lipinski definition) is 6. The van der Waals surface area contributed by atoms with Crippen molar-refractivity contribution >= 4 is 0 Å². The van der Waals surface area contributed by atoms with Gasteiger partial charge in [-0.2, -0.15) is 0 Å². The number of benzene rings is 2. The largest absolute Gasteiger partial charge is 0.493 e. The van der Waals surface area contributed by atoms with Crippen molar-refractivity contribution < 1.29 is 28.5 Å². The van der Waals surface area contributed by atoms with E-state index in [1.807, 2.05) is 78.8 Å². The van der Waals surface area contributed by atoms with Gasteiger partial charge in [0.15, 0.2) is 0 Å². The van der Waals surface area contributed by atoms with E-state index in [1.165, 1.54) is 11.1 Å². The van der Waals surface area contributed by atoms with Gasteiger partial charge in [0.05, 0.1) is 12.9 Å². The smallest absolute Gasteiger partial charge is 0.257 e. The van der Waals surface area contributed by atoms with E-state index in [4.69, 9.17) is 14.6 Å². The van der Waals surface area contributed by atoms with Gasteiger partial charge in [-0.05, 0) is 69.0 Å². The van der Waals surface area contributed by atoms with E-state index in [0.29, 0.717) is 24.6 Å². The van der Waals surface area contributed by atoms with Crippen LogP contribution in [-0.2, 0) is 6.42 Å². The molecule has 44 heavy (non-hydrogen) atoms. The number of rotatable bonds is 13. The Kier molecular flexibility index (Phi) is 34.4. The van der Waals surface area contributed by atoms with Gasteiger partial charge in [0, 0.05) is 31.2 Å². The zero-order chi connectivity index (χ0) is 34.2. The third-order valence-corrected chi connectivity index (χ3v) is 5.84. The molecule has 3 rings (SSSR count). The number of aryl methyl sites for hydroxylation is 1. The molecule has 1 aliphatic heterocycles. The van der Waals surface area contributed by atoms with Crippen molar-refractivity contribution in [3.8, 4) is 11.5 Å². The first kappa shape index (κ1) is 45.6. The minimum absolute atomic E-state index is 0.123. The molecule has 6 nitrogen and oxygen atoms in total. The first-order chi connectivity index (χ1) is 21.5. The number of ether oxygens (including phenoxy) is 2. The van der Waals surface area contributed by atoms with Crippen molar-refractivity contribution in [3.63, 3.8) is 0 Å². The molecule has 0 spiro atoms. The van der Waals surface area contributed by atoms with E-state index in [-0.39, 0.29) is 12.4 Å². The van der Waals surface area contributed by atoms with Gasteiger partial charge in [0.1, 0.15) is 17.7 Å². The van der Waals surface area contributed by atoms with Crippen LogP contribution in [0, 0.1) is 0 Å². The third-order valence-electron chi connectivity index (χ3n) is 5.84. The summed E-state index contributed by atoms with van der Waals surface area (Å²) < 4.78 is 34.7. The molecule has 0 radical (unpaired) electrons. The van der Waals surface area contributed by atoms with Gasteiger partial charge in [-0.15, -0.1) is 6.58 Å². The fourth-order valence-corrected chi connectivity index (χ4v) is 3.79. The SMILES string of the molecule is C=CCCC(F)/C=C/F.CC.CC.CC.CCc1ccc2c(c1)C(NCCC(C)NC(O)Oc1ccccc1)CCO2.CO. The average molecular weight is 625 g/mol. The van der Waals surface area contributed by atoms with Crippen LogP contribution in [0.2, 0.25) is 0 Å². The number of allylic oxidation sites excluding steroid dienone is 2. The maximum atomic E-state index is 12.2. The van der Waals surface area contributed by atoms with Gasteiger partial charge >= 0.3 is 0 Å². The van der Waals surface area contributed by atoms with Gasteiger partial charge in [0.2, 0.25) is 0 Å². The highest BCUT2D eigenvalue weighted by Gasteiger charge is 2.21. The van der Waals surface area contributed by atoms with Crippen LogP contribution in [0.3, 0.4) is 0 Å². The van der Waals surface area contributed by atoms with Crippen molar-refractivity contribution in [2.75, 3.05) is 20.3 Å². The monoisotopic (exact) mass is 624 g/mol. The Morgan fingerprint density at radius 3 is 2.25 bits per heavy atom. The lowest BCUT2D eigenvalue weighted by molar-refractivity contribution is -0.0512. The Morgan fingerprint density at radius 1 is 1.05 bits per heavy atom. The van der Waals surface area contributed by atoms with E-state index in [2.05, 4.69) is 42.3 Å². The van der Waals surface area contributed by atoms with Gasteiger partial charge in [-0.3, -0.25) is 5.32 Å². The lowest BCUT2D eigenvalue weighted by atomic mass is 9.97. The molecule has 4 N–H and O–H groups in total. The second-order valence-electron chi connectivity index (χ2n) is 8.71. The van der Waals surface area contributed by atoms with Crippen LogP contribution in [0.1, 0.15) is 98.2 Å². The maximum Gasteiger partial charge on any atom is 0.257 e. The lowest BCUT2D eigenvalue weighted by Crippen LogP contribution is -2.42. The summed E-state index contributed by atoms with van der Waals surface area (Å²) in [7, 11) is 1.00. The van der Waals surface area contributed by atoms with Gasteiger partial charge < -0.3 is 25.0 Å². The van der Waals surface area contributed by atoms with E-state index < -0.39 is 12.6 Å². The van der Waals surface area contributed by atoms with Crippen LogP contribution < -0.4 is 20.1 Å². The van der Waals surface area contributed by atoms with E-state index >= 15 is 0 Å². The van der Waals surface area contributed by atoms with E-state index in [9.17, 15) is 13.9 Å². The quantitative estimate of drug-likeness (QED) is 0.132. The standard InChI is InChI=1S/C22H30N2O3.C7H10F2.3C2H6.CH4O/c1-3-17-9-10-21-19(15-17)20(12-14-26-21)23-13-11-16(2)24-22(25)27-18-7-5-4-6-8-18;1-2-3-4-7(9)5-6-8;4*1-2/h4-10,15-16,20,22-25H,3,11-14H2,1-2H3;2,5-7H,1,3-4H2;3*1-2H3;2H,1H3/b;6-5+;;;;. The molecule has 1 heterocycles. The Morgan fingerprint density at radius 2 is 1.68 bits per heavy atom. The number of para-hydroxylation sites is 1. The van der Waals surface area contributed by atoms with Crippen LogP contribution in [0.4, 0.5) is 8.78 Å². The van der Waals surface area contributed by atoms with Crippen LogP contribution in [0.5, 0.6) is 11.5 Å². The molecule has 0 fully saturated rings. The maximum absolute atomic E-state index is 12.2. The summed E-state index contributed by atoms with van der Waals surface area (Å²) in [4.78, 5) is 0. The summed E-state index contributed by atoms with van der Waals surface area (Å²) in [6.45, 7) is 21.2. The first-order valence-electron chi connectivity index (χ1n) is 16.1. The van der Waals surface area contributed by atoms with Crippen molar-refractivity contribution in [2.24, 2.45) is 0 Å². The molecule has 0 aromatic heterocycles. The van der Waals surface area contributed by atoms with Crippen molar-refractivity contribution in [2.45, 2.75) is 112 Å². The number of halogens is 2. The molecule has 0 aliphatic carbocycles. The average Bonchev–Trinajstić information content (AvgIpc) is 3.08. The fraction of sp³-hybridized carbons (Fsp3) is 0.556. The second kappa shape index (κ2) is 33.1. The number of fused-ring (bicyclic) bond motifs is 1. The van der Waals surface area contributed by atoms with Crippen LogP contribution in [0.25, 0.3) is 0 Å². The number of aliphatic hydroxyl groups is 2. The predicted molar refractivity (Wildman–Crippen MR) is 184 cm³/mol. The highest BCUT2D eigenvalue weighted by molar-refractivity contribution is 5.40. The lowest BCUT2D eigenvalue weighted by Gasteiger charge is -2.28.